The zero-order chi connectivity index (χ0) is 18.8. The first-order chi connectivity index (χ1) is 13.1. The maximum atomic E-state index is 12.4. The minimum absolute atomic E-state index is 0.134. The van der Waals surface area contributed by atoms with Gasteiger partial charge in [-0.2, -0.15) is 0 Å². The SMILES string of the molecule is Cc1ccc(C(=O)Nc2ccc(N3CCc4ccccc4C3)cn2)cc1C. The van der Waals surface area contributed by atoms with E-state index in [1.165, 1.54) is 16.7 Å². The van der Waals surface area contributed by atoms with E-state index in [1.54, 1.807) is 0 Å². The van der Waals surface area contributed by atoms with Crippen LogP contribution in [0.3, 0.4) is 0 Å². The fraction of sp³-hybridized carbons (Fsp3) is 0.217. The second-order valence-corrected chi connectivity index (χ2v) is 7.10. The molecule has 0 unspecified atom stereocenters. The molecule has 0 saturated heterocycles. The molecule has 4 nitrogen and oxygen atoms in total. The summed E-state index contributed by atoms with van der Waals surface area (Å²) in [6.07, 6.45) is 2.88. The zero-order valence-corrected chi connectivity index (χ0v) is 15.7. The van der Waals surface area contributed by atoms with Gasteiger partial charge in [0, 0.05) is 18.7 Å². The van der Waals surface area contributed by atoms with Crippen molar-refractivity contribution in [2.75, 3.05) is 16.8 Å². The van der Waals surface area contributed by atoms with Crippen molar-refractivity contribution in [2.45, 2.75) is 26.8 Å². The van der Waals surface area contributed by atoms with Crippen LogP contribution >= 0.6 is 0 Å². The van der Waals surface area contributed by atoms with Gasteiger partial charge in [-0.1, -0.05) is 30.3 Å². The summed E-state index contributed by atoms with van der Waals surface area (Å²) in [6, 6.07) is 18.2. The van der Waals surface area contributed by atoms with Gasteiger partial charge in [-0.15, -0.1) is 0 Å². The molecule has 3 aromatic rings. The number of carbonyl (C=O) groups excluding carboxylic acids is 1. The van der Waals surface area contributed by atoms with Gasteiger partial charge in [0.2, 0.25) is 0 Å². The van der Waals surface area contributed by atoms with Crippen LogP contribution < -0.4 is 10.2 Å². The number of pyridine rings is 1. The molecule has 4 heteroatoms. The Kier molecular flexibility index (Phi) is 4.63. The van der Waals surface area contributed by atoms with Crippen molar-refractivity contribution in [2.24, 2.45) is 0 Å². The van der Waals surface area contributed by atoms with E-state index in [1.807, 2.05) is 50.4 Å². The van der Waals surface area contributed by atoms with Crippen LogP contribution in [0.25, 0.3) is 0 Å². The van der Waals surface area contributed by atoms with Gasteiger partial charge in [-0.05, 0) is 66.8 Å². The molecule has 0 spiro atoms. The number of nitrogens with zero attached hydrogens (tertiary/aromatic N) is 2. The van der Waals surface area contributed by atoms with Gasteiger partial charge in [0.25, 0.3) is 5.91 Å². The van der Waals surface area contributed by atoms with Crippen molar-refractivity contribution in [1.82, 2.24) is 4.98 Å². The van der Waals surface area contributed by atoms with Crippen LogP contribution in [-0.4, -0.2) is 17.4 Å². The first kappa shape index (κ1) is 17.3. The van der Waals surface area contributed by atoms with Gasteiger partial charge >= 0.3 is 0 Å². The number of amides is 1. The largest absolute Gasteiger partial charge is 0.366 e. The smallest absolute Gasteiger partial charge is 0.256 e. The molecule has 1 N–H and O–H groups in total. The van der Waals surface area contributed by atoms with Crippen LogP contribution in [0.4, 0.5) is 11.5 Å². The second kappa shape index (κ2) is 7.23. The number of aryl methyl sites for hydroxylation is 2. The van der Waals surface area contributed by atoms with Gasteiger partial charge in [-0.3, -0.25) is 4.79 Å². The molecular weight excluding hydrogens is 334 g/mol. The Balaban J connectivity index is 1.45. The van der Waals surface area contributed by atoms with Gasteiger partial charge in [0.05, 0.1) is 11.9 Å². The van der Waals surface area contributed by atoms with Crippen molar-refractivity contribution in [1.29, 1.82) is 0 Å². The molecule has 0 aliphatic carbocycles. The van der Waals surface area contributed by atoms with E-state index >= 15 is 0 Å². The van der Waals surface area contributed by atoms with Gasteiger partial charge in [-0.25, -0.2) is 4.98 Å². The number of rotatable bonds is 3. The molecule has 1 aliphatic heterocycles. The third-order valence-corrected chi connectivity index (χ3v) is 5.25. The maximum Gasteiger partial charge on any atom is 0.256 e. The molecule has 27 heavy (non-hydrogen) atoms. The van der Waals surface area contributed by atoms with E-state index in [9.17, 15) is 4.79 Å². The molecule has 1 aliphatic rings. The molecule has 4 rings (SSSR count). The summed E-state index contributed by atoms with van der Waals surface area (Å²) in [7, 11) is 0. The number of nitrogens with one attached hydrogen (secondary N) is 1. The minimum Gasteiger partial charge on any atom is -0.366 e. The van der Waals surface area contributed by atoms with Crippen LogP contribution in [0.15, 0.2) is 60.8 Å². The Labute approximate surface area is 159 Å². The summed E-state index contributed by atoms with van der Waals surface area (Å²) < 4.78 is 0. The molecule has 1 aromatic heterocycles. The molecule has 0 bridgehead atoms. The minimum atomic E-state index is -0.134. The predicted octanol–water partition coefficient (Wildman–Crippen LogP) is 4.51. The van der Waals surface area contributed by atoms with Crippen LogP contribution in [0.1, 0.15) is 32.6 Å². The first-order valence-corrected chi connectivity index (χ1v) is 9.26. The van der Waals surface area contributed by atoms with Gasteiger partial charge in [0.15, 0.2) is 0 Å². The lowest BCUT2D eigenvalue weighted by molar-refractivity contribution is 0.102. The number of hydrogen-bond acceptors (Lipinski definition) is 3. The third-order valence-electron chi connectivity index (χ3n) is 5.25. The van der Waals surface area contributed by atoms with Crippen molar-refractivity contribution in [3.05, 3.63) is 88.6 Å². The monoisotopic (exact) mass is 357 g/mol. The molecule has 0 atom stereocenters. The molecule has 1 amide bonds. The zero-order valence-electron chi connectivity index (χ0n) is 15.7. The van der Waals surface area contributed by atoms with E-state index < -0.39 is 0 Å². The summed E-state index contributed by atoms with van der Waals surface area (Å²) in [5.74, 6) is 0.435. The van der Waals surface area contributed by atoms with Crippen LogP contribution in [-0.2, 0) is 13.0 Å². The Bertz CT molecular complexity index is 979. The van der Waals surface area contributed by atoms with E-state index in [0.717, 1.165) is 30.8 Å². The molecule has 2 heterocycles. The molecular formula is C23H23N3O. The second-order valence-electron chi connectivity index (χ2n) is 7.10. The van der Waals surface area contributed by atoms with Crippen molar-refractivity contribution < 1.29 is 4.79 Å². The number of fused-ring (bicyclic) bond motifs is 1. The number of aromatic nitrogens is 1. The molecule has 0 saturated carbocycles. The average molecular weight is 357 g/mol. The van der Waals surface area contributed by atoms with E-state index in [0.29, 0.717) is 11.4 Å². The number of benzene rings is 2. The summed E-state index contributed by atoms with van der Waals surface area (Å²) in [5.41, 5.74) is 6.81. The normalized spacial score (nSPS) is 13.2. The van der Waals surface area contributed by atoms with E-state index in [-0.39, 0.29) is 5.91 Å². The maximum absolute atomic E-state index is 12.4. The fourth-order valence-corrected chi connectivity index (χ4v) is 3.43. The number of carbonyl (C=O) groups is 1. The molecule has 0 radical (unpaired) electrons. The molecule has 0 fully saturated rings. The molecule has 136 valence electrons. The van der Waals surface area contributed by atoms with E-state index in [2.05, 4.69) is 39.5 Å². The first-order valence-electron chi connectivity index (χ1n) is 9.26. The van der Waals surface area contributed by atoms with Crippen LogP contribution in [0.2, 0.25) is 0 Å². The number of hydrogen-bond donors (Lipinski definition) is 1. The summed E-state index contributed by atoms with van der Waals surface area (Å²) in [4.78, 5) is 19.2. The Hall–Kier alpha value is -3.14. The van der Waals surface area contributed by atoms with Gasteiger partial charge < -0.3 is 10.2 Å². The number of anilines is 2. The van der Waals surface area contributed by atoms with Gasteiger partial charge in [0.1, 0.15) is 5.82 Å². The standard InChI is InChI=1S/C23H23N3O/c1-16-7-8-19(13-17(16)2)23(27)25-22-10-9-21(14-24-22)26-12-11-18-5-3-4-6-20(18)15-26/h3-10,13-14H,11-12,15H2,1-2H3,(H,24,25,27). The lowest BCUT2D eigenvalue weighted by atomic mass is 10.00. The highest BCUT2D eigenvalue weighted by Gasteiger charge is 2.16. The summed E-state index contributed by atoms with van der Waals surface area (Å²) in [6.45, 7) is 5.92. The Morgan fingerprint density at radius 3 is 2.56 bits per heavy atom. The van der Waals surface area contributed by atoms with Crippen molar-refractivity contribution in [3.8, 4) is 0 Å². The Morgan fingerprint density at radius 2 is 1.81 bits per heavy atom. The third kappa shape index (κ3) is 3.70. The van der Waals surface area contributed by atoms with E-state index in [4.69, 9.17) is 0 Å². The lowest BCUT2D eigenvalue weighted by Gasteiger charge is -2.30. The fourth-order valence-electron chi connectivity index (χ4n) is 3.43. The van der Waals surface area contributed by atoms with Crippen LogP contribution in [0.5, 0.6) is 0 Å². The highest BCUT2D eigenvalue weighted by molar-refractivity contribution is 6.03. The Morgan fingerprint density at radius 1 is 1.00 bits per heavy atom. The van der Waals surface area contributed by atoms with Crippen molar-refractivity contribution in [3.63, 3.8) is 0 Å². The average Bonchev–Trinajstić information content (AvgIpc) is 2.70. The summed E-state index contributed by atoms with van der Waals surface area (Å²) >= 11 is 0. The topological polar surface area (TPSA) is 45.2 Å². The lowest BCUT2D eigenvalue weighted by Crippen LogP contribution is -2.30. The molecule has 2 aromatic carbocycles. The predicted molar refractivity (Wildman–Crippen MR) is 109 cm³/mol. The van der Waals surface area contributed by atoms with Crippen molar-refractivity contribution >= 4 is 17.4 Å². The quantitative estimate of drug-likeness (QED) is 0.750. The highest BCUT2D eigenvalue weighted by Crippen LogP contribution is 2.24. The highest BCUT2D eigenvalue weighted by atomic mass is 16.1. The van der Waals surface area contributed by atoms with Crippen LogP contribution in [0, 0.1) is 13.8 Å². The summed E-state index contributed by atoms with van der Waals surface area (Å²) in [5, 5.41) is 2.88.